The predicted molar refractivity (Wildman–Crippen MR) is 66.1 cm³/mol. The molecule has 0 aromatic carbocycles. The van der Waals surface area contributed by atoms with Gasteiger partial charge in [-0.05, 0) is 8.07 Å². The Kier molecular flexibility index (Phi) is 5.03. The molecule has 0 aromatic heterocycles. The average molecular weight is 301 g/mol. The first-order valence-corrected chi connectivity index (χ1v) is 12.1. The maximum Gasteiger partial charge on any atom is 0.0394 e. The summed E-state index contributed by atoms with van der Waals surface area (Å²) in [6, 6.07) is 0. The Labute approximate surface area is 110 Å². The van der Waals surface area contributed by atoms with Crippen LogP contribution in [0.25, 0.3) is 0 Å². The van der Waals surface area contributed by atoms with Crippen molar-refractivity contribution in [2.75, 3.05) is 0 Å². The zero-order valence-electron chi connectivity index (χ0n) is 10.3. The van der Waals surface area contributed by atoms with Gasteiger partial charge in [0.25, 0.3) is 0 Å². The third kappa shape index (κ3) is 3.43. The summed E-state index contributed by atoms with van der Waals surface area (Å²) < 4.78 is 0. The van der Waals surface area contributed by atoms with Gasteiger partial charge in [0.15, 0.2) is 0 Å². The van der Waals surface area contributed by atoms with Crippen molar-refractivity contribution in [1.29, 1.82) is 0 Å². The number of hydrogen-bond acceptors (Lipinski definition) is 0. The Morgan fingerprint density at radius 1 is 1.00 bits per heavy atom. The van der Waals surface area contributed by atoms with Crippen LogP contribution in [-0.2, 0) is 26.2 Å². The quantitative estimate of drug-likeness (QED) is 0.537. The summed E-state index contributed by atoms with van der Waals surface area (Å²) in [5.41, 5.74) is 0. The molecule has 78 valence electrons. The molecule has 1 aliphatic rings. The van der Waals surface area contributed by atoms with Gasteiger partial charge in [0.2, 0.25) is 0 Å². The van der Waals surface area contributed by atoms with Crippen molar-refractivity contribution in [2.45, 2.75) is 45.7 Å². The van der Waals surface area contributed by atoms with Crippen LogP contribution in [0.2, 0.25) is 39.3 Å². The second-order valence-corrected chi connectivity index (χ2v) is 15.9. The van der Waals surface area contributed by atoms with Crippen LogP contribution >= 0.6 is 0 Å². The van der Waals surface area contributed by atoms with Crippen molar-refractivity contribution >= 4 is 16.1 Å². The normalized spacial score (nSPS) is 17.3. The topological polar surface area (TPSA) is 0 Å². The standard InChI is InChI=1S/C11H21Si2.Zr/c1-12(2,3)10-8-7-9-11(10)13(4,5)6;/h8H,7H2,1-6H3;/q-1;. The minimum Gasteiger partial charge on any atom is -0.273 e. The molecule has 1 aliphatic carbocycles. The third-order valence-electron chi connectivity index (χ3n) is 2.41. The molecule has 0 heterocycles. The number of hydrogen-bond donors (Lipinski definition) is 0. The van der Waals surface area contributed by atoms with Crippen molar-refractivity contribution < 1.29 is 26.2 Å². The zero-order valence-corrected chi connectivity index (χ0v) is 14.7. The van der Waals surface area contributed by atoms with E-state index in [1.54, 1.807) is 10.4 Å². The van der Waals surface area contributed by atoms with E-state index in [1.807, 2.05) is 0 Å². The monoisotopic (exact) mass is 299 g/mol. The molecule has 1 rings (SSSR count). The van der Waals surface area contributed by atoms with E-state index in [0.29, 0.717) is 0 Å². The fourth-order valence-corrected chi connectivity index (χ4v) is 7.15. The summed E-state index contributed by atoms with van der Waals surface area (Å²) in [6.45, 7) is 14.6. The van der Waals surface area contributed by atoms with E-state index >= 15 is 0 Å². The summed E-state index contributed by atoms with van der Waals surface area (Å²) in [7, 11) is -2.23. The van der Waals surface area contributed by atoms with Gasteiger partial charge in [-0.15, -0.1) is 6.42 Å². The fraction of sp³-hybridized carbons (Fsp3) is 0.636. The summed E-state index contributed by atoms with van der Waals surface area (Å²) >= 11 is 0. The van der Waals surface area contributed by atoms with Gasteiger partial charge in [-0.3, -0.25) is 6.08 Å². The molecule has 3 heteroatoms. The molecule has 0 aromatic rings. The van der Waals surface area contributed by atoms with E-state index in [-0.39, 0.29) is 26.2 Å². The smallest absolute Gasteiger partial charge is 0.0394 e. The average Bonchev–Trinajstić information content (AvgIpc) is 2.27. The Hall–Kier alpha value is 0.797. The van der Waals surface area contributed by atoms with E-state index in [1.165, 1.54) is 0 Å². The van der Waals surface area contributed by atoms with Gasteiger partial charge in [-0.25, -0.2) is 10.4 Å². The van der Waals surface area contributed by atoms with Crippen LogP contribution in [0.1, 0.15) is 6.42 Å². The second-order valence-electron chi connectivity index (χ2n) is 5.87. The summed E-state index contributed by atoms with van der Waals surface area (Å²) in [6.07, 6.45) is 7.06. The van der Waals surface area contributed by atoms with Gasteiger partial charge in [0.1, 0.15) is 0 Å². The molecule has 0 unspecified atom stereocenters. The number of allylic oxidation sites excluding steroid dienone is 4. The fourth-order valence-electron chi connectivity index (χ4n) is 1.80. The van der Waals surface area contributed by atoms with Crippen molar-refractivity contribution in [3.63, 3.8) is 0 Å². The van der Waals surface area contributed by atoms with Crippen LogP contribution in [0.15, 0.2) is 16.5 Å². The minimum atomic E-state index is -1.13. The molecule has 0 atom stereocenters. The van der Waals surface area contributed by atoms with Gasteiger partial charge in [0.05, 0.1) is 0 Å². The Morgan fingerprint density at radius 2 is 1.50 bits per heavy atom. The molecule has 0 saturated heterocycles. The Bertz CT molecular complexity index is 236. The first kappa shape index (κ1) is 14.8. The van der Waals surface area contributed by atoms with E-state index in [2.05, 4.69) is 51.4 Å². The van der Waals surface area contributed by atoms with E-state index < -0.39 is 16.1 Å². The van der Waals surface area contributed by atoms with Crippen LogP contribution in [0.5, 0.6) is 0 Å². The van der Waals surface area contributed by atoms with Crippen molar-refractivity contribution in [3.05, 3.63) is 22.5 Å². The molecule has 0 nitrogen and oxygen atoms in total. The van der Waals surface area contributed by atoms with Gasteiger partial charge < -0.3 is 0 Å². The van der Waals surface area contributed by atoms with Gasteiger partial charge >= 0.3 is 0 Å². The number of rotatable bonds is 2. The molecule has 0 amide bonds. The molecular weight excluding hydrogens is 280 g/mol. The third-order valence-corrected chi connectivity index (χ3v) is 6.68. The first-order chi connectivity index (χ1) is 5.73. The van der Waals surface area contributed by atoms with Crippen LogP contribution in [0.3, 0.4) is 0 Å². The van der Waals surface area contributed by atoms with Crippen molar-refractivity contribution in [3.8, 4) is 0 Å². The molecule has 0 bridgehead atoms. The minimum absolute atomic E-state index is 0. The van der Waals surface area contributed by atoms with Gasteiger partial charge in [-0.1, -0.05) is 39.3 Å². The zero-order chi connectivity index (χ0) is 10.3. The van der Waals surface area contributed by atoms with Crippen molar-refractivity contribution in [1.82, 2.24) is 0 Å². The molecule has 0 saturated carbocycles. The molecule has 0 fully saturated rings. The van der Waals surface area contributed by atoms with E-state index in [0.717, 1.165) is 6.42 Å². The van der Waals surface area contributed by atoms with Crippen LogP contribution in [0, 0.1) is 6.08 Å². The Balaban J connectivity index is 0.00000169. The molecule has 0 radical (unpaired) electrons. The van der Waals surface area contributed by atoms with Gasteiger partial charge in [0, 0.05) is 34.3 Å². The molecule has 0 N–H and O–H groups in total. The van der Waals surface area contributed by atoms with Crippen molar-refractivity contribution in [2.24, 2.45) is 0 Å². The first-order valence-electron chi connectivity index (χ1n) is 5.05. The van der Waals surface area contributed by atoms with Gasteiger partial charge in [-0.2, -0.15) is 6.08 Å². The summed E-state index contributed by atoms with van der Waals surface area (Å²) in [4.78, 5) is 0. The largest absolute Gasteiger partial charge is 0.273 e. The maximum absolute atomic E-state index is 3.57. The van der Waals surface area contributed by atoms with Crippen LogP contribution in [0.4, 0.5) is 0 Å². The summed E-state index contributed by atoms with van der Waals surface area (Å²) in [5.74, 6) is 0. The molecular formula is C11H21Si2Zr-. The maximum atomic E-state index is 3.57. The van der Waals surface area contributed by atoms with Crippen LogP contribution in [-0.4, -0.2) is 16.1 Å². The molecule has 0 aliphatic heterocycles. The predicted octanol–water partition coefficient (Wildman–Crippen LogP) is 3.80. The van der Waals surface area contributed by atoms with Crippen LogP contribution < -0.4 is 0 Å². The summed E-state index contributed by atoms with van der Waals surface area (Å²) in [5, 5.41) is 3.30. The molecule has 14 heavy (non-hydrogen) atoms. The van der Waals surface area contributed by atoms with E-state index in [4.69, 9.17) is 0 Å². The second kappa shape index (κ2) is 4.76. The molecule has 0 spiro atoms. The SMILES string of the molecule is C[Si](C)(C)C1=[C-]CC=C1[Si](C)(C)C.[Zr]. The Morgan fingerprint density at radius 3 is 1.79 bits per heavy atom. The van der Waals surface area contributed by atoms with E-state index in [9.17, 15) is 0 Å².